The first-order valence-electron chi connectivity index (χ1n) is 4.62. The number of nitrogen functional groups attached to an aromatic ring is 1. The molecule has 0 saturated carbocycles. The number of anilines is 1. The molecule has 1 aromatic heterocycles. The Labute approximate surface area is 87.1 Å². The smallest absolute Gasteiger partial charge is 0.289 e. The summed E-state index contributed by atoms with van der Waals surface area (Å²) in [5, 5.41) is 17.7. The highest BCUT2D eigenvalue weighted by atomic mass is 16.3. The third-order valence-electron chi connectivity index (χ3n) is 2.26. The molecule has 1 heterocycles. The minimum atomic E-state index is -0.654. The number of carbonyl (C=O) groups excluding carboxylic acids is 1. The van der Waals surface area contributed by atoms with Crippen LogP contribution in [0.4, 0.5) is 5.95 Å². The molecule has 5 N–H and O–H groups in total. The number of nitrogens with one attached hydrogen (secondary N) is 2. The summed E-state index contributed by atoms with van der Waals surface area (Å²) in [4.78, 5) is 15.3. The van der Waals surface area contributed by atoms with Crippen LogP contribution in [-0.2, 0) is 0 Å². The molecule has 0 aliphatic carbocycles. The lowest BCUT2D eigenvalue weighted by atomic mass is 10.0. The Hall–Kier alpha value is -1.63. The predicted molar refractivity (Wildman–Crippen MR) is 54.0 cm³/mol. The minimum absolute atomic E-state index is 0.0161. The van der Waals surface area contributed by atoms with E-state index in [1.54, 1.807) is 6.92 Å². The molecule has 15 heavy (non-hydrogen) atoms. The summed E-state index contributed by atoms with van der Waals surface area (Å²) in [6, 6.07) is 0. The molecule has 0 bridgehead atoms. The lowest BCUT2D eigenvalue weighted by Gasteiger charge is -2.26. The number of rotatable bonds is 4. The number of hydrogen-bond acceptors (Lipinski definition) is 5. The maximum absolute atomic E-state index is 11.6. The van der Waals surface area contributed by atoms with E-state index in [-0.39, 0.29) is 18.4 Å². The lowest BCUT2D eigenvalue weighted by molar-refractivity contribution is 0.0837. The number of aromatic amines is 1. The van der Waals surface area contributed by atoms with E-state index >= 15 is 0 Å². The number of hydrogen-bond donors (Lipinski definition) is 4. The quantitative estimate of drug-likeness (QED) is 0.526. The zero-order chi connectivity index (χ0) is 11.5. The minimum Gasteiger partial charge on any atom is -0.394 e. The normalized spacial score (nSPS) is 14.6. The second-order valence-corrected chi connectivity index (χ2v) is 3.57. The van der Waals surface area contributed by atoms with Crippen LogP contribution in [0.5, 0.6) is 0 Å². The zero-order valence-electron chi connectivity index (χ0n) is 8.74. The van der Waals surface area contributed by atoms with Gasteiger partial charge in [-0.15, -0.1) is 5.10 Å². The van der Waals surface area contributed by atoms with Gasteiger partial charge in [0.15, 0.2) is 0 Å². The molecule has 1 unspecified atom stereocenters. The Bertz CT molecular complexity index is 345. The van der Waals surface area contributed by atoms with Crippen molar-refractivity contribution in [3.8, 4) is 0 Å². The highest BCUT2D eigenvalue weighted by Gasteiger charge is 2.25. The average Bonchev–Trinajstić information content (AvgIpc) is 2.65. The fourth-order valence-electron chi connectivity index (χ4n) is 0.949. The second kappa shape index (κ2) is 4.26. The van der Waals surface area contributed by atoms with Gasteiger partial charge in [0.25, 0.3) is 5.91 Å². The number of aliphatic hydroxyl groups is 1. The van der Waals surface area contributed by atoms with Crippen molar-refractivity contribution in [1.29, 1.82) is 0 Å². The van der Waals surface area contributed by atoms with Gasteiger partial charge in [0.05, 0.1) is 12.1 Å². The van der Waals surface area contributed by atoms with Gasteiger partial charge in [0, 0.05) is 0 Å². The number of nitrogens with two attached hydrogens (primary N) is 1. The Balaban J connectivity index is 2.71. The molecule has 1 aromatic rings. The van der Waals surface area contributed by atoms with Crippen LogP contribution in [0.2, 0.25) is 0 Å². The SMILES string of the molecule is CCC(C)(CO)NC(=O)c1nc(N)n[nH]1. The standard InChI is InChI=1S/C8H15N5O2/c1-3-8(2,4-14)11-6(15)5-10-7(9)13-12-5/h14H,3-4H2,1-2H3,(H,11,15)(H3,9,10,12,13). The van der Waals surface area contributed by atoms with Crippen molar-refractivity contribution in [2.45, 2.75) is 25.8 Å². The molecule has 0 fully saturated rings. The van der Waals surface area contributed by atoms with Crippen molar-refractivity contribution in [2.24, 2.45) is 0 Å². The van der Waals surface area contributed by atoms with Crippen molar-refractivity contribution < 1.29 is 9.90 Å². The predicted octanol–water partition coefficient (Wildman–Crippen LogP) is -0.722. The second-order valence-electron chi connectivity index (χ2n) is 3.57. The maximum Gasteiger partial charge on any atom is 0.289 e. The molecule has 1 atom stereocenters. The van der Waals surface area contributed by atoms with Gasteiger partial charge in [0.2, 0.25) is 11.8 Å². The van der Waals surface area contributed by atoms with Gasteiger partial charge in [-0.3, -0.25) is 9.89 Å². The van der Waals surface area contributed by atoms with Crippen molar-refractivity contribution in [1.82, 2.24) is 20.5 Å². The molecular formula is C8H15N5O2. The maximum atomic E-state index is 11.6. The number of aliphatic hydroxyl groups excluding tert-OH is 1. The van der Waals surface area contributed by atoms with E-state index in [4.69, 9.17) is 10.8 Å². The van der Waals surface area contributed by atoms with Crippen LogP contribution in [0.25, 0.3) is 0 Å². The van der Waals surface area contributed by atoms with Crippen molar-refractivity contribution >= 4 is 11.9 Å². The van der Waals surface area contributed by atoms with Crippen molar-refractivity contribution in [2.75, 3.05) is 12.3 Å². The van der Waals surface area contributed by atoms with E-state index in [1.807, 2.05) is 6.92 Å². The van der Waals surface area contributed by atoms with Crippen LogP contribution in [0, 0.1) is 0 Å². The Morgan fingerprint density at radius 2 is 2.40 bits per heavy atom. The molecule has 7 heteroatoms. The first kappa shape index (κ1) is 11.4. The molecule has 0 aliphatic heterocycles. The van der Waals surface area contributed by atoms with Crippen LogP contribution in [0.3, 0.4) is 0 Å². The topological polar surface area (TPSA) is 117 Å². The summed E-state index contributed by atoms with van der Waals surface area (Å²) in [6.07, 6.45) is 0.610. The van der Waals surface area contributed by atoms with Gasteiger partial charge in [0.1, 0.15) is 0 Å². The van der Waals surface area contributed by atoms with Crippen LogP contribution in [0.1, 0.15) is 30.9 Å². The van der Waals surface area contributed by atoms with Crippen LogP contribution >= 0.6 is 0 Å². The van der Waals surface area contributed by atoms with Crippen LogP contribution in [0.15, 0.2) is 0 Å². The fraction of sp³-hybridized carbons (Fsp3) is 0.625. The number of amides is 1. The van der Waals surface area contributed by atoms with Gasteiger partial charge in [-0.25, -0.2) is 0 Å². The molecule has 7 nitrogen and oxygen atoms in total. The summed E-state index contributed by atoms with van der Waals surface area (Å²) in [5.74, 6) is -0.374. The van der Waals surface area contributed by atoms with E-state index in [9.17, 15) is 4.79 Å². The Morgan fingerprint density at radius 1 is 1.73 bits per heavy atom. The summed E-state index contributed by atoms with van der Waals surface area (Å²) in [5.41, 5.74) is 4.61. The Kier molecular flexibility index (Phi) is 3.25. The molecule has 0 radical (unpaired) electrons. The van der Waals surface area contributed by atoms with Crippen molar-refractivity contribution in [3.63, 3.8) is 0 Å². The van der Waals surface area contributed by atoms with E-state index in [2.05, 4.69) is 20.5 Å². The van der Waals surface area contributed by atoms with E-state index < -0.39 is 11.4 Å². The number of H-pyrrole nitrogens is 1. The van der Waals surface area contributed by atoms with Gasteiger partial charge in [-0.1, -0.05) is 6.92 Å². The first-order chi connectivity index (χ1) is 7.00. The van der Waals surface area contributed by atoms with Crippen molar-refractivity contribution in [3.05, 3.63) is 5.82 Å². The van der Waals surface area contributed by atoms with Gasteiger partial charge in [-0.05, 0) is 13.3 Å². The zero-order valence-corrected chi connectivity index (χ0v) is 8.74. The van der Waals surface area contributed by atoms with E-state index in [0.29, 0.717) is 6.42 Å². The van der Waals surface area contributed by atoms with Gasteiger partial charge >= 0.3 is 0 Å². The largest absolute Gasteiger partial charge is 0.394 e. The third-order valence-corrected chi connectivity index (χ3v) is 2.26. The molecular weight excluding hydrogens is 198 g/mol. The van der Waals surface area contributed by atoms with E-state index in [1.165, 1.54) is 0 Å². The molecule has 0 spiro atoms. The number of nitrogens with zero attached hydrogens (tertiary/aromatic N) is 2. The average molecular weight is 213 g/mol. The number of carbonyl (C=O) groups is 1. The van der Waals surface area contributed by atoms with Crippen LogP contribution in [-0.4, -0.2) is 38.3 Å². The monoisotopic (exact) mass is 213 g/mol. The molecule has 1 rings (SSSR count). The summed E-state index contributed by atoms with van der Waals surface area (Å²) in [7, 11) is 0. The molecule has 84 valence electrons. The van der Waals surface area contributed by atoms with Gasteiger partial charge in [-0.2, -0.15) is 4.98 Å². The van der Waals surface area contributed by atoms with E-state index in [0.717, 1.165) is 0 Å². The summed E-state index contributed by atoms with van der Waals surface area (Å²) in [6.45, 7) is 3.47. The molecule has 0 saturated heterocycles. The lowest BCUT2D eigenvalue weighted by Crippen LogP contribution is -2.48. The fourth-order valence-corrected chi connectivity index (χ4v) is 0.949. The molecule has 0 aliphatic rings. The molecule has 1 amide bonds. The highest BCUT2D eigenvalue weighted by molar-refractivity contribution is 5.91. The number of aromatic nitrogens is 3. The third kappa shape index (κ3) is 2.66. The first-order valence-corrected chi connectivity index (χ1v) is 4.62. The highest BCUT2D eigenvalue weighted by Crippen LogP contribution is 2.08. The summed E-state index contributed by atoms with van der Waals surface area (Å²) >= 11 is 0. The van der Waals surface area contributed by atoms with Gasteiger partial charge < -0.3 is 16.2 Å². The Morgan fingerprint density at radius 3 is 2.80 bits per heavy atom. The van der Waals surface area contributed by atoms with Crippen LogP contribution < -0.4 is 11.1 Å². The molecule has 0 aromatic carbocycles. The summed E-state index contributed by atoms with van der Waals surface area (Å²) < 4.78 is 0.